The van der Waals surface area contributed by atoms with Gasteiger partial charge in [-0.25, -0.2) is 0 Å². The van der Waals surface area contributed by atoms with E-state index in [1.54, 1.807) is 12.1 Å². The summed E-state index contributed by atoms with van der Waals surface area (Å²) in [5.41, 5.74) is 6.38. The molecule has 1 rings (SSSR count). The molecule has 0 spiro atoms. The van der Waals surface area contributed by atoms with Gasteiger partial charge in [0.15, 0.2) is 0 Å². The molecule has 0 heterocycles. The Morgan fingerprint density at radius 3 is 2.33 bits per heavy atom. The highest BCUT2D eigenvalue weighted by molar-refractivity contribution is 7.80. The first kappa shape index (κ1) is 14.5. The van der Waals surface area contributed by atoms with Crippen LogP contribution in [-0.2, 0) is 16.0 Å². The molecule has 6 heteroatoms. The molecule has 0 saturated heterocycles. The number of benzene rings is 1. The highest BCUT2D eigenvalue weighted by atomic mass is 32.1. The van der Waals surface area contributed by atoms with Crippen LogP contribution >= 0.6 is 12.6 Å². The van der Waals surface area contributed by atoms with Crippen molar-refractivity contribution in [2.24, 2.45) is 5.73 Å². The van der Waals surface area contributed by atoms with Gasteiger partial charge in [-0.1, -0.05) is 12.1 Å². The maximum absolute atomic E-state index is 11.5. The van der Waals surface area contributed by atoms with Crippen molar-refractivity contribution < 1.29 is 14.8 Å². The SMILES string of the molecule is NC(=O)CCC(=O)N(O)c1ccc(CCS)cc1. The van der Waals surface area contributed by atoms with Crippen molar-refractivity contribution in [1.82, 2.24) is 0 Å². The molecule has 5 nitrogen and oxygen atoms in total. The third-order valence-corrected chi connectivity index (χ3v) is 2.63. The first-order chi connectivity index (χ1) is 8.54. The molecule has 1 aromatic carbocycles. The van der Waals surface area contributed by atoms with Crippen molar-refractivity contribution >= 4 is 30.1 Å². The van der Waals surface area contributed by atoms with Gasteiger partial charge in [0.05, 0.1) is 5.69 Å². The monoisotopic (exact) mass is 268 g/mol. The molecule has 2 amide bonds. The number of carbonyl (C=O) groups is 2. The second kappa shape index (κ2) is 7.03. The van der Waals surface area contributed by atoms with Crippen molar-refractivity contribution in [2.75, 3.05) is 10.8 Å². The topological polar surface area (TPSA) is 83.6 Å². The lowest BCUT2D eigenvalue weighted by Gasteiger charge is -2.14. The molecule has 0 fully saturated rings. The zero-order valence-corrected chi connectivity index (χ0v) is 10.8. The van der Waals surface area contributed by atoms with Crippen LogP contribution in [0, 0.1) is 0 Å². The van der Waals surface area contributed by atoms with Crippen LogP contribution in [0.5, 0.6) is 0 Å². The quantitative estimate of drug-likeness (QED) is 0.411. The minimum atomic E-state index is -0.569. The smallest absolute Gasteiger partial charge is 0.251 e. The number of thiol groups is 1. The van der Waals surface area contributed by atoms with E-state index in [0.717, 1.165) is 17.7 Å². The summed E-state index contributed by atoms with van der Waals surface area (Å²) in [5.74, 6) is -0.392. The molecule has 0 aliphatic carbocycles. The first-order valence-electron chi connectivity index (χ1n) is 5.54. The third-order valence-electron chi connectivity index (χ3n) is 2.40. The number of hydroxylamine groups is 1. The lowest BCUT2D eigenvalue weighted by Crippen LogP contribution is -2.28. The highest BCUT2D eigenvalue weighted by Gasteiger charge is 2.13. The molecule has 3 N–H and O–H groups in total. The zero-order chi connectivity index (χ0) is 13.5. The van der Waals surface area contributed by atoms with Gasteiger partial charge in [0.1, 0.15) is 0 Å². The summed E-state index contributed by atoms with van der Waals surface area (Å²) in [6, 6.07) is 6.91. The Morgan fingerprint density at radius 2 is 1.83 bits per heavy atom. The molecule has 0 unspecified atom stereocenters. The van der Waals surface area contributed by atoms with E-state index in [1.807, 2.05) is 12.1 Å². The van der Waals surface area contributed by atoms with Gasteiger partial charge in [0.2, 0.25) is 5.91 Å². The molecule has 0 radical (unpaired) electrons. The van der Waals surface area contributed by atoms with Crippen molar-refractivity contribution in [3.63, 3.8) is 0 Å². The molecule has 0 saturated carbocycles. The number of carbonyl (C=O) groups excluding carboxylic acids is 2. The van der Waals surface area contributed by atoms with Crippen LogP contribution in [0.25, 0.3) is 0 Å². The Kier molecular flexibility index (Phi) is 5.67. The molecule has 98 valence electrons. The zero-order valence-electron chi connectivity index (χ0n) is 9.87. The number of amides is 2. The third kappa shape index (κ3) is 4.38. The van der Waals surface area contributed by atoms with Crippen LogP contribution in [-0.4, -0.2) is 22.8 Å². The number of nitrogens with zero attached hydrogens (tertiary/aromatic N) is 1. The fraction of sp³-hybridized carbons (Fsp3) is 0.333. The Bertz CT molecular complexity index is 420. The number of hydrogen-bond acceptors (Lipinski definition) is 4. The predicted molar refractivity (Wildman–Crippen MR) is 71.7 cm³/mol. The molecule has 18 heavy (non-hydrogen) atoms. The summed E-state index contributed by atoms with van der Waals surface area (Å²) in [6.07, 6.45) is 0.641. The normalized spacial score (nSPS) is 10.1. The van der Waals surface area contributed by atoms with E-state index in [4.69, 9.17) is 5.73 Å². The van der Waals surface area contributed by atoms with E-state index in [9.17, 15) is 14.8 Å². The summed E-state index contributed by atoms with van der Waals surface area (Å²) in [6.45, 7) is 0. The number of primary amides is 1. The molecule has 0 aromatic heterocycles. The van der Waals surface area contributed by atoms with Crippen molar-refractivity contribution in [3.05, 3.63) is 29.8 Å². The van der Waals surface area contributed by atoms with Crippen LogP contribution < -0.4 is 10.8 Å². The maximum Gasteiger partial charge on any atom is 0.251 e. The van der Waals surface area contributed by atoms with Crippen molar-refractivity contribution in [1.29, 1.82) is 0 Å². The Hall–Kier alpha value is -1.53. The fourth-order valence-corrected chi connectivity index (χ4v) is 1.67. The van der Waals surface area contributed by atoms with E-state index in [0.29, 0.717) is 10.8 Å². The Morgan fingerprint density at radius 1 is 1.22 bits per heavy atom. The second-order valence-corrected chi connectivity index (χ2v) is 4.26. The summed E-state index contributed by atoms with van der Waals surface area (Å²) in [7, 11) is 0. The van der Waals surface area contributed by atoms with Crippen LogP contribution in [0.2, 0.25) is 0 Å². The molecule has 0 aliphatic heterocycles. The number of anilines is 1. The molecule has 1 aromatic rings. The first-order valence-corrected chi connectivity index (χ1v) is 6.17. The summed E-state index contributed by atoms with van der Waals surface area (Å²) in [4.78, 5) is 22.1. The van der Waals surface area contributed by atoms with Crippen molar-refractivity contribution in [3.8, 4) is 0 Å². The van der Waals surface area contributed by atoms with E-state index >= 15 is 0 Å². The minimum absolute atomic E-state index is 0.0758. The van der Waals surface area contributed by atoms with Gasteiger partial charge in [0.25, 0.3) is 5.91 Å². The van der Waals surface area contributed by atoms with Crippen molar-refractivity contribution in [2.45, 2.75) is 19.3 Å². The largest absolute Gasteiger partial charge is 0.370 e. The number of nitrogens with two attached hydrogens (primary N) is 1. The lowest BCUT2D eigenvalue weighted by atomic mass is 10.1. The molecular weight excluding hydrogens is 252 g/mol. The Balaban J connectivity index is 2.62. The van der Waals surface area contributed by atoms with E-state index in [2.05, 4.69) is 12.6 Å². The lowest BCUT2D eigenvalue weighted by molar-refractivity contribution is -0.126. The summed E-state index contributed by atoms with van der Waals surface area (Å²) >= 11 is 4.12. The van der Waals surface area contributed by atoms with Crippen LogP contribution in [0.15, 0.2) is 24.3 Å². The number of hydrogen-bond donors (Lipinski definition) is 3. The van der Waals surface area contributed by atoms with Gasteiger partial charge in [-0.15, -0.1) is 0 Å². The van der Waals surface area contributed by atoms with Gasteiger partial charge < -0.3 is 5.73 Å². The van der Waals surface area contributed by atoms with Gasteiger partial charge in [-0.2, -0.15) is 17.7 Å². The van der Waals surface area contributed by atoms with E-state index in [1.165, 1.54) is 0 Å². The molecule has 0 bridgehead atoms. The highest BCUT2D eigenvalue weighted by Crippen LogP contribution is 2.15. The molecular formula is C12H16N2O3S. The van der Waals surface area contributed by atoms with Gasteiger partial charge >= 0.3 is 0 Å². The number of rotatable bonds is 6. The molecule has 0 aliphatic rings. The second-order valence-electron chi connectivity index (χ2n) is 3.81. The molecule has 0 atom stereocenters. The average molecular weight is 268 g/mol. The van der Waals surface area contributed by atoms with Crippen LogP contribution in [0.3, 0.4) is 0 Å². The Labute approximate surface area is 111 Å². The minimum Gasteiger partial charge on any atom is -0.370 e. The van der Waals surface area contributed by atoms with Gasteiger partial charge in [0, 0.05) is 12.8 Å². The summed E-state index contributed by atoms with van der Waals surface area (Å²) in [5, 5.41) is 10.2. The van der Waals surface area contributed by atoms with Crippen LogP contribution in [0.1, 0.15) is 18.4 Å². The van der Waals surface area contributed by atoms with E-state index < -0.39 is 11.8 Å². The standard InChI is InChI=1S/C12H16N2O3S/c13-11(15)5-6-12(16)14(17)10-3-1-9(2-4-10)7-8-18/h1-4,17-18H,5-8H2,(H2,13,15). The van der Waals surface area contributed by atoms with Gasteiger partial charge in [-0.05, 0) is 29.9 Å². The van der Waals surface area contributed by atoms with Gasteiger partial charge in [-0.3, -0.25) is 14.8 Å². The maximum atomic E-state index is 11.5. The summed E-state index contributed by atoms with van der Waals surface area (Å²) < 4.78 is 0. The number of aryl methyl sites for hydroxylation is 1. The average Bonchev–Trinajstić information content (AvgIpc) is 2.36. The van der Waals surface area contributed by atoms with Crippen LogP contribution in [0.4, 0.5) is 5.69 Å². The van der Waals surface area contributed by atoms with E-state index in [-0.39, 0.29) is 12.8 Å². The predicted octanol–water partition coefficient (Wildman–Crippen LogP) is 1.15. The fourth-order valence-electron chi connectivity index (χ4n) is 1.41.